The van der Waals surface area contributed by atoms with E-state index in [0.29, 0.717) is 24.2 Å². The van der Waals surface area contributed by atoms with E-state index < -0.39 is 0 Å². The van der Waals surface area contributed by atoms with Crippen LogP contribution in [0.4, 0.5) is 5.69 Å². The topological polar surface area (TPSA) is 65.5 Å². The molecule has 1 aliphatic heterocycles. The van der Waals surface area contributed by atoms with Crippen molar-refractivity contribution in [2.24, 2.45) is 0 Å². The van der Waals surface area contributed by atoms with Gasteiger partial charge in [-0.15, -0.1) is 0 Å². The van der Waals surface area contributed by atoms with Crippen LogP contribution >= 0.6 is 0 Å². The second kappa shape index (κ2) is 9.65. The second-order valence-electron chi connectivity index (χ2n) is 7.30. The Balaban J connectivity index is 1.76. The maximum absolute atomic E-state index is 12.9. The fourth-order valence-electron chi connectivity index (χ4n) is 3.72. The molecule has 0 spiro atoms. The lowest BCUT2D eigenvalue weighted by Crippen LogP contribution is -2.48. The van der Waals surface area contributed by atoms with Crippen molar-refractivity contribution in [3.63, 3.8) is 0 Å². The van der Waals surface area contributed by atoms with Crippen LogP contribution in [0.15, 0.2) is 36.7 Å². The van der Waals surface area contributed by atoms with Gasteiger partial charge in [-0.2, -0.15) is 0 Å². The average Bonchev–Trinajstić information content (AvgIpc) is 2.78. The number of aryl methyl sites for hydroxylation is 2. The number of hydrogen-bond donors (Lipinski definition) is 1. The Labute approximate surface area is 172 Å². The largest absolute Gasteiger partial charge is 0.336 e. The minimum atomic E-state index is -0.237. The number of piperazine rings is 1. The summed E-state index contributed by atoms with van der Waals surface area (Å²) in [6.07, 6.45) is 4.73. The number of benzene rings is 1. The van der Waals surface area contributed by atoms with Crippen molar-refractivity contribution < 1.29 is 9.59 Å². The molecule has 1 aliphatic rings. The number of carbonyl (C=O) groups excluding carboxylic acids is 2. The zero-order chi connectivity index (χ0) is 20.8. The molecule has 2 heterocycles. The van der Waals surface area contributed by atoms with Crippen LogP contribution in [0.1, 0.15) is 52.6 Å². The Morgan fingerprint density at radius 2 is 1.59 bits per heavy atom. The highest BCUT2D eigenvalue weighted by Crippen LogP contribution is 2.23. The molecule has 154 valence electrons. The molecule has 1 aromatic heterocycles. The normalized spacial score (nSPS) is 14.7. The van der Waals surface area contributed by atoms with E-state index >= 15 is 0 Å². The number of amides is 2. The Morgan fingerprint density at radius 1 is 0.966 bits per heavy atom. The summed E-state index contributed by atoms with van der Waals surface area (Å²) in [6.45, 7) is 10.4. The van der Waals surface area contributed by atoms with Crippen LogP contribution in [-0.2, 0) is 12.8 Å². The van der Waals surface area contributed by atoms with E-state index in [0.717, 1.165) is 49.3 Å². The highest BCUT2D eigenvalue weighted by atomic mass is 16.2. The Kier molecular flexibility index (Phi) is 6.99. The lowest BCUT2D eigenvalue weighted by Gasteiger charge is -2.34. The summed E-state index contributed by atoms with van der Waals surface area (Å²) < 4.78 is 0. The molecule has 29 heavy (non-hydrogen) atoms. The monoisotopic (exact) mass is 394 g/mol. The van der Waals surface area contributed by atoms with E-state index in [-0.39, 0.29) is 11.8 Å². The molecule has 0 unspecified atom stereocenters. The van der Waals surface area contributed by atoms with Crippen molar-refractivity contribution in [2.45, 2.75) is 33.6 Å². The summed E-state index contributed by atoms with van der Waals surface area (Å²) >= 11 is 0. The van der Waals surface area contributed by atoms with Crippen molar-refractivity contribution in [1.29, 1.82) is 0 Å². The van der Waals surface area contributed by atoms with Crippen molar-refractivity contribution in [1.82, 2.24) is 14.8 Å². The van der Waals surface area contributed by atoms with Crippen LogP contribution in [0.2, 0.25) is 0 Å². The molecule has 1 saturated heterocycles. The first-order valence-electron chi connectivity index (χ1n) is 10.5. The van der Waals surface area contributed by atoms with Crippen molar-refractivity contribution in [3.05, 3.63) is 58.9 Å². The Morgan fingerprint density at radius 3 is 2.17 bits per heavy atom. The van der Waals surface area contributed by atoms with Gasteiger partial charge >= 0.3 is 0 Å². The predicted molar refractivity (Wildman–Crippen MR) is 115 cm³/mol. The number of hydrogen-bond acceptors (Lipinski definition) is 4. The minimum Gasteiger partial charge on any atom is -0.336 e. The number of likely N-dealkylation sites (N-methyl/N-ethyl adjacent to an activating group) is 1. The maximum atomic E-state index is 12.9. The van der Waals surface area contributed by atoms with Crippen LogP contribution in [-0.4, -0.2) is 59.3 Å². The third-order valence-corrected chi connectivity index (χ3v) is 5.59. The molecule has 1 aromatic carbocycles. The number of carbonyl (C=O) groups is 2. The Hall–Kier alpha value is -2.73. The zero-order valence-corrected chi connectivity index (χ0v) is 17.6. The first-order chi connectivity index (χ1) is 14.1. The number of para-hydroxylation sites is 1. The van der Waals surface area contributed by atoms with Crippen LogP contribution < -0.4 is 5.32 Å². The van der Waals surface area contributed by atoms with Gasteiger partial charge in [0.1, 0.15) is 0 Å². The fourth-order valence-corrected chi connectivity index (χ4v) is 3.72. The number of nitrogens with one attached hydrogen (secondary N) is 1. The highest BCUT2D eigenvalue weighted by molar-refractivity contribution is 6.06. The van der Waals surface area contributed by atoms with E-state index in [1.807, 2.05) is 23.1 Å². The maximum Gasteiger partial charge on any atom is 0.257 e. The molecule has 0 aliphatic carbocycles. The molecular formula is C23H30N4O2. The lowest BCUT2D eigenvalue weighted by molar-refractivity contribution is 0.0643. The molecule has 6 heteroatoms. The second-order valence-corrected chi connectivity index (χ2v) is 7.30. The van der Waals surface area contributed by atoms with Gasteiger partial charge in [-0.25, -0.2) is 0 Å². The SMILES string of the molecule is CCc1cccc(CC)c1NC(=O)c1cncc(C(=O)N2CCN(CC)CC2)c1. The van der Waals surface area contributed by atoms with Crippen molar-refractivity contribution >= 4 is 17.5 Å². The van der Waals surface area contributed by atoms with Gasteiger partial charge < -0.3 is 15.1 Å². The first kappa shape index (κ1) is 21.0. The van der Waals surface area contributed by atoms with E-state index in [2.05, 4.69) is 36.0 Å². The summed E-state index contributed by atoms with van der Waals surface area (Å²) in [5.41, 5.74) is 3.94. The van der Waals surface area contributed by atoms with E-state index in [1.54, 1.807) is 12.3 Å². The van der Waals surface area contributed by atoms with Crippen LogP contribution in [0.5, 0.6) is 0 Å². The van der Waals surface area contributed by atoms with Gasteiger partial charge in [-0.1, -0.05) is 39.0 Å². The van der Waals surface area contributed by atoms with Crippen LogP contribution in [0, 0.1) is 0 Å². The molecule has 2 aromatic rings. The molecule has 0 atom stereocenters. The number of rotatable bonds is 6. The Bertz CT molecular complexity index is 851. The van der Waals surface area contributed by atoms with Gasteiger partial charge in [0.15, 0.2) is 0 Å². The fraction of sp³-hybridized carbons (Fsp3) is 0.435. The van der Waals surface area contributed by atoms with Gasteiger partial charge in [0.25, 0.3) is 11.8 Å². The van der Waals surface area contributed by atoms with E-state index in [1.165, 1.54) is 6.20 Å². The van der Waals surface area contributed by atoms with Crippen LogP contribution in [0.3, 0.4) is 0 Å². The summed E-state index contributed by atoms with van der Waals surface area (Å²) in [6, 6.07) is 7.73. The summed E-state index contributed by atoms with van der Waals surface area (Å²) in [4.78, 5) is 34.1. The number of anilines is 1. The van der Waals surface area contributed by atoms with Crippen LogP contribution in [0.25, 0.3) is 0 Å². The smallest absolute Gasteiger partial charge is 0.257 e. The van der Waals surface area contributed by atoms with Crippen molar-refractivity contribution in [3.8, 4) is 0 Å². The van der Waals surface area contributed by atoms with Gasteiger partial charge in [-0.05, 0) is 36.6 Å². The highest BCUT2D eigenvalue weighted by Gasteiger charge is 2.22. The number of aromatic nitrogens is 1. The quantitative estimate of drug-likeness (QED) is 0.817. The molecule has 3 rings (SSSR count). The standard InChI is InChI=1S/C23H30N4O2/c1-4-17-8-7-9-18(5-2)21(17)25-22(28)19-14-20(16-24-15-19)23(29)27-12-10-26(6-3)11-13-27/h7-9,14-16H,4-6,10-13H2,1-3H3,(H,25,28). The molecule has 0 saturated carbocycles. The summed E-state index contributed by atoms with van der Waals surface area (Å²) in [5.74, 6) is -0.301. The third-order valence-electron chi connectivity index (χ3n) is 5.59. The van der Waals surface area contributed by atoms with Gasteiger partial charge in [0.2, 0.25) is 0 Å². The molecule has 0 radical (unpaired) electrons. The van der Waals surface area contributed by atoms with E-state index in [4.69, 9.17) is 0 Å². The minimum absolute atomic E-state index is 0.0638. The predicted octanol–water partition coefficient (Wildman–Crippen LogP) is 3.24. The van der Waals surface area contributed by atoms with Crippen molar-refractivity contribution in [2.75, 3.05) is 38.0 Å². The molecule has 0 bridgehead atoms. The van der Waals surface area contributed by atoms with Gasteiger partial charge in [0, 0.05) is 44.3 Å². The summed E-state index contributed by atoms with van der Waals surface area (Å²) in [7, 11) is 0. The molecular weight excluding hydrogens is 364 g/mol. The van der Waals surface area contributed by atoms with Gasteiger partial charge in [0.05, 0.1) is 11.1 Å². The molecule has 6 nitrogen and oxygen atoms in total. The number of pyridine rings is 1. The summed E-state index contributed by atoms with van der Waals surface area (Å²) in [5, 5.41) is 3.05. The lowest BCUT2D eigenvalue weighted by atomic mass is 10.0. The third kappa shape index (κ3) is 4.82. The van der Waals surface area contributed by atoms with Gasteiger partial charge in [-0.3, -0.25) is 14.6 Å². The molecule has 1 N–H and O–H groups in total. The molecule has 2 amide bonds. The van der Waals surface area contributed by atoms with E-state index in [9.17, 15) is 9.59 Å². The number of nitrogens with zero attached hydrogens (tertiary/aromatic N) is 3. The first-order valence-corrected chi connectivity index (χ1v) is 10.5. The molecule has 1 fully saturated rings. The average molecular weight is 395 g/mol. The zero-order valence-electron chi connectivity index (χ0n) is 17.6.